The molecule has 138 valence electrons. The molecule has 0 aromatic heterocycles. The number of hydrogen-bond donors (Lipinski definition) is 0. The van der Waals surface area contributed by atoms with Crippen LogP contribution in [-0.4, -0.2) is 0 Å². The van der Waals surface area contributed by atoms with Crippen molar-refractivity contribution in [3.05, 3.63) is 70.3 Å². The summed E-state index contributed by atoms with van der Waals surface area (Å²) in [5.41, 5.74) is -0.494. The van der Waals surface area contributed by atoms with Crippen molar-refractivity contribution in [3.63, 3.8) is 0 Å². The summed E-state index contributed by atoms with van der Waals surface area (Å²) in [5.74, 6) is 0. The molecule has 0 aliphatic heterocycles. The third-order valence-corrected chi connectivity index (χ3v) is 3.72. The average Bonchev–Trinajstić information content (AvgIpc) is 2.97. The normalized spacial score (nSPS) is 13.5. The summed E-state index contributed by atoms with van der Waals surface area (Å²) in [6, 6.07) is 8.82. The first-order chi connectivity index (χ1) is 12.1. The molecule has 26 heavy (non-hydrogen) atoms. The van der Waals surface area contributed by atoms with Crippen LogP contribution in [0.4, 0.5) is 26.3 Å². The zero-order chi connectivity index (χ0) is 19.5. The van der Waals surface area contributed by atoms with E-state index in [2.05, 4.69) is 0 Å². The van der Waals surface area contributed by atoms with Crippen LogP contribution in [0.2, 0.25) is 0 Å². The van der Waals surface area contributed by atoms with Crippen LogP contribution >= 0.6 is 18.6 Å². The molecular weight excluding hydrogens is 437 g/mol. The van der Waals surface area contributed by atoms with Gasteiger partial charge in [-0.05, 0) is 46.9 Å². The van der Waals surface area contributed by atoms with Crippen molar-refractivity contribution in [1.82, 2.24) is 0 Å². The molecule has 0 saturated carbocycles. The minimum atomic E-state index is -4.83. The first kappa shape index (κ1) is 21.4. The van der Waals surface area contributed by atoms with E-state index < -0.39 is 40.5 Å². The summed E-state index contributed by atoms with van der Waals surface area (Å²) in [5, 5.41) is 0. The van der Waals surface area contributed by atoms with Crippen LogP contribution in [0.3, 0.4) is 0 Å². The maximum atomic E-state index is 12.9. The zero-order valence-electron chi connectivity index (χ0n) is 12.8. The van der Waals surface area contributed by atoms with Crippen LogP contribution in [0.1, 0.15) is 27.8 Å². The van der Waals surface area contributed by atoms with Gasteiger partial charge in [0.2, 0.25) is 0 Å². The third kappa shape index (κ3) is 5.29. The van der Waals surface area contributed by atoms with Crippen LogP contribution in [0.5, 0.6) is 0 Å². The van der Waals surface area contributed by atoms with Crippen molar-refractivity contribution in [3.8, 4) is 0 Å². The Kier molecular flexibility index (Phi) is 6.88. The second-order valence-electron chi connectivity index (χ2n) is 5.41. The van der Waals surface area contributed by atoms with E-state index in [1.54, 1.807) is 30.3 Å². The predicted molar refractivity (Wildman–Crippen MR) is 86.2 cm³/mol. The fraction of sp³-hybridized carbons (Fsp3) is 0.176. The molecule has 0 N–H and O–H groups in total. The van der Waals surface area contributed by atoms with E-state index in [1.807, 2.05) is 0 Å². The van der Waals surface area contributed by atoms with E-state index in [0.29, 0.717) is 12.0 Å². The maximum absolute atomic E-state index is 12.9. The van der Waals surface area contributed by atoms with Crippen LogP contribution in [-0.2, 0) is 35.8 Å². The Hall–Kier alpha value is -0.946. The van der Waals surface area contributed by atoms with Crippen molar-refractivity contribution in [2.45, 2.75) is 18.8 Å². The minimum absolute atomic E-state index is 0.0525. The van der Waals surface area contributed by atoms with Crippen molar-refractivity contribution in [2.75, 3.05) is 0 Å². The van der Waals surface area contributed by atoms with Crippen molar-refractivity contribution < 1.29 is 43.4 Å². The van der Waals surface area contributed by atoms with Crippen LogP contribution in [0.15, 0.2) is 42.5 Å². The first-order valence-corrected chi connectivity index (χ1v) is 11.4. The molecule has 0 nitrogen and oxygen atoms in total. The first-order valence-electron chi connectivity index (χ1n) is 7.11. The molecular formula is C17H10Cl2F6Ti. The number of rotatable bonds is 1. The van der Waals surface area contributed by atoms with Crippen molar-refractivity contribution in [1.29, 1.82) is 0 Å². The van der Waals surface area contributed by atoms with Crippen LogP contribution < -0.4 is 0 Å². The van der Waals surface area contributed by atoms with Crippen molar-refractivity contribution >= 4 is 30.3 Å². The van der Waals surface area contributed by atoms with Gasteiger partial charge in [-0.1, -0.05) is 30.3 Å². The summed E-state index contributed by atoms with van der Waals surface area (Å²) in [6.45, 7) is 0. The summed E-state index contributed by atoms with van der Waals surface area (Å²) < 4.78 is 77.4. The Morgan fingerprint density at radius 2 is 1.31 bits per heavy atom. The van der Waals surface area contributed by atoms with Gasteiger partial charge in [0, 0.05) is 0 Å². The average molecular weight is 447 g/mol. The summed E-state index contributed by atoms with van der Waals surface area (Å²) in [4.78, 5) is 0. The van der Waals surface area contributed by atoms with Crippen LogP contribution in [0, 0.1) is 0 Å². The van der Waals surface area contributed by atoms with Gasteiger partial charge in [0.1, 0.15) is 0 Å². The van der Waals surface area contributed by atoms with Gasteiger partial charge in [0.15, 0.2) is 0 Å². The molecule has 0 unspecified atom stereocenters. The molecule has 1 aliphatic rings. The predicted octanol–water partition coefficient (Wildman–Crippen LogP) is 7.20. The van der Waals surface area contributed by atoms with Gasteiger partial charge in [-0.15, -0.1) is 0 Å². The SMILES string of the molecule is FC(F)(F)c1cc(C2=Cc3ccccc3C2)cc(C(F)(F)F)c1.[Cl][Ti][Cl]. The van der Waals surface area contributed by atoms with Crippen molar-refractivity contribution in [2.24, 2.45) is 0 Å². The molecule has 9 heteroatoms. The molecule has 0 spiro atoms. The van der Waals surface area contributed by atoms with Gasteiger partial charge in [-0.25, -0.2) is 0 Å². The zero-order valence-corrected chi connectivity index (χ0v) is 15.9. The van der Waals surface area contributed by atoms with Gasteiger partial charge in [-0.2, -0.15) is 26.3 Å². The quantitative estimate of drug-likeness (QED) is 0.321. The summed E-state index contributed by atoms with van der Waals surface area (Å²) >= 11 is -0.556. The Labute approximate surface area is 162 Å². The van der Waals surface area contributed by atoms with Gasteiger partial charge < -0.3 is 0 Å². The van der Waals surface area contributed by atoms with Gasteiger partial charge in [0.25, 0.3) is 0 Å². The monoisotopic (exact) mass is 446 g/mol. The summed E-state index contributed by atoms with van der Waals surface area (Å²) in [6.07, 6.45) is -7.72. The second-order valence-corrected chi connectivity index (χ2v) is 7.99. The van der Waals surface area contributed by atoms with Gasteiger partial charge >= 0.3 is 48.0 Å². The standard InChI is InChI=1S/C17H10F6.2ClH.Ti/c18-16(19,20)14-7-13(8-15(9-14)17(21,22)23)12-5-10-3-1-2-4-11(10)6-12;;;/h1-5,7-9H,6H2;2*1H;/q;;;+2/p-2. The Bertz CT molecular complexity index is 779. The van der Waals surface area contributed by atoms with Gasteiger partial charge in [0.05, 0.1) is 11.1 Å². The number of benzene rings is 2. The van der Waals surface area contributed by atoms with Gasteiger partial charge in [-0.3, -0.25) is 0 Å². The molecule has 3 rings (SSSR count). The molecule has 2 aromatic rings. The third-order valence-electron chi connectivity index (χ3n) is 3.72. The summed E-state index contributed by atoms with van der Waals surface area (Å²) in [7, 11) is 9.78. The van der Waals surface area contributed by atoms with E-state index in [-0.39, 0.29) is 11.6 Å². The number of hydrogen-bond acceptors (Lipinski definition) is 0. The number of halogens is 8. The second kappa shape index (κ2) is 8.38. The molecule has 0 heterocycles. The molecule has 0 saturated heterocycles. The Balaban J connectivity index is 0.000000758. The molecule has 2 aromatic carbocycles. The Morgan fingerprint density at radius 1 is 0.808 bits per heavy atom. The molecule has 0 radical (unpaired) electrons. The molecule has 0 fully saturated rings. The molecule has 0 bridgehead atoms. The van der Waals surface area contributed by atoms with E-state index in [4.69, 9.17) is 18.6 Å². The molecule has 0 atom stereocenters. The number of alkyl halides is 6. The topological polar surface area (TPSA) is 0 Å². The Morgan fingerprint density at radius 3 is 1.77 bits per heavy atom. The van der Waals surface area contributed by atoms with Crippen LogP contribution in [0.25, 0.3) is 11.6 Å². The van der Waals surface area contributed by atoms with E-state index >= 15 is 0 Å². The molecule has 0 amide bonds. The molecule has 1 aliphatic carbocycles. The fourth-order valence-electron chi connectivity index (χ4n) is 2.61. The van der Waals surface area contributed by atoms with E-state index in [0.717, 1.165) is 23.3 Å². The van der Waals surface area contributed by atoms with E-state index in [9.17, 15) is 26.3 Å². The number of fused-ring (bicyclic) bond motifs is 1. The number of allylic oxidation sites excluding steroid dienone is 1. The fourth-order valence-corrected chi connectivity index (χ4v) is 2.61. The van der Waals surface area contributed by atoms with E-state index in [1.165, 1.54) is 0 Å².